The Hall–Kier alpha value is -3.93. The Labute approximate surface area is 168 Å². The number of amides is 1. The van der Waals surface area contributed by atoms with Gasteiger partial charge in [-0.05, 0) is 42.0 Å². The minimum atomic E-state index is -1.05. The van der Waals surface area contributed by atoms with Gasteiger partial charge < -0.3 is 15.0 Å². The fourth-order valence-electron chi connectivity index (χ4n) is 2.90. The first-order valence-electron chi connectivity index (χ1n) is 8.98. The topological polar surface area (TPSA) is 88.4 Å². The number of carbonyl (C=O) groups is 3. The van der Waals surface area contributed by atoms with Gasteiger partial charge in [0.2, 0.25) is 0 Å². The van der Waals surface area contributed by atoms with E-state index in [4.69, 9.17) is 5.11 Å². The summed E-state index contributed by atoms with van der Waals surface area (Å²) >= 11 is 0. The number of ketones is 1. The lowest BCUT2D eigenvalue weighted by Gasteiger charge is -2.07. The van der Waals surface area contributed by atoms with Crippen molar-refractivity contribution in [1.82, 2.24) is 4.57 Å². The van der Waals surface area contributed by atoms with Gasteiger partial charge in [-0.1, -0.05) is 30.3 Å². The van der Waals surface area contributed by atoms with Crippen LogP contribution in [0.25, 0.3) is 6.08 Å². The fourth-order valence-corrected chi connectivity index (χ4v) is 2.90. The summed E-state index contributed by atoms with van der Waals surface area (Å²) in [6, 6.07) is 17.7. The van der Waals surface area contributed by atoms with Crippen molar-refractivity contribution < 1.29 is 19.5 Å². The Balaban J connectivity index is 1.70. The van der Waals surface area contributed by atoms with Gasteiger partial charge in [0.05, 0.1) is 0 Å². The second-order valence-electron chi connectivity index (χ2n) is 6.56. The van der Waals surface area contributed by atoms with Crippen molar-refractivity contribution in [3.63, 3.8) is 0 Å². The normalized spacial score (nSPS) is 10.8. The summed E-state index contributed by atoms with van der Waals surface area (Å²) in [5.74, 6) is -1.36. The number of aryl methyl sites for hydroxylation is 1. The van der Waals surface area contributed by atoms with E-state index in [1.165, 1.54) is 6.08 Å². The number of anilines is 1. The molecule has 3 aromatic rings. The van der Waals surface area contributed by atoms with Gasteiger partial charge in [0.25, 0.3) is 5.91 Å². The molecule has 2 aromatic carbocycles. The van der Waals surface area contributed by atoms with Gasteiger partial charge in [0, 0.05) is 48.2 Å². The summed E-state index contributed by atoms with van der Waals surface area (Å²) in [4.78, 5) is 35.6. The van der Waals surface area contributed by atoms with Crippen molar-refractivity contribution in [2.45, 2.75) is 6.42 Å². The number of hydrogen-bond donors (Lipinski definition) is 2. The van der Waals surface area contributed by atoms with Crippen LogP contribution in [0, 0.1) is 0 Å². The minimum absolute atomic E-state index is 0.0953. The standard InChI is InChI=1S/C23H20N2O4/c1-25-15-18(14-20(25)10-11-22(27)28)21(26)13-16-6-5-9-19(12-16)24-23(29)17-7-3-2-4-8-17/h2-12,14-15H,13H2,1H3,(H,24,29)(H,27,28)/b11-10+. The first-order chi connectivity index (χ1) is 13.9. The van der Waals surface area contributed by atoms with Crippen LogP contribution in [0.4, 0.5) is 5.69 Å². The Morgan fingerprint density at radius 2 is 1.76 bits per heavy atom. The number of carboxylic acids is 1. The molecule has 1 aromatic heterocycles. The smallest absolute Gasteiger partial charge is 0.328 e. The zero-order chi connectivity index (χ0) is 20.8. The van der Waals surface area contributed by atoms with Crippen molar-refractivity contribution in [3.8, 4) is 0 Å². The molecule has 0 bridgehead atoms. The molecule has 0 saturated carbocycles. The summed E-state index contributed by atoms with van der Waals surface area (Å²) in [5.41, 5.74) is 3.06. The molecule has 0 aliphatic heterocycles. The third-order valence-electron chi connectivity index (χ3n) is 4.35. The molecule has 6 nitrogen and oxygen atoms in total. The molecule has 1 heterocycles. The first kappa shape index (κ1) is 19.8. The molecule has 0 atom stereocenters. The van der Waals surface area contributed by atoms with Crippen LogP contribution in [0.5, 0.6) is 0 Å². The molecule has 0 spiro atoms. The van der Waals surface area contributed by atoms with Gasteiger partial charge >= 0.3 is 5.97 Å². The highest BCUT2D eigenvalue weighted by molar-refractivity contribution is 6.04. The van der Waals surface area contributed by atoms with Gasteiger partial charge in [-0.2, -0.15) is 0 Å². The number of aliphatic carboxylic acids is 1. The van der Waals surface area contributed by atoms with Crippen LogP contribution < -0.4 is 5.32 Å². The quantitative estimate of drug-likeness (QED) is 0.476. The molecule has 0 fully saturated rings. The number of aromatic nitrogens is 1. The van der Waals surface area contributed by atoms with Crippen molar-refractivity contribution >= 4 is 29.4 Å². The molecule has 0 saturated heterocycles. The molecule has 0 unspecified atom stereocenters. The number of rotatable bonds is 7. The highest BCUT2D eigenvalue weighted by Crippen LogP contribution is 2.16. The predicted octanol–water partition coefficient (Wildman–Crippen LogP) is 3.80. The molecule has 1 amide bonds. The maximum absolute atomic E-state index is 12.6. The molecule has 3 rings (SSSR count). The van der Waals surface area contributed by atoms with Crippen LogP contribution in [0.3, 0.4) is 0 Å². The fraction of sp³-hybridized carbons (Fsp3) is 0.0870. The van der Waals surface area contributed by atoms with Crippen LogP contribution in [0.2, 0.25) is 0 Å². The lowest BCUT2D eigenvalue weighted by molar-refractivity contribution is -0.131. The molecule has 0 radical (unpaired) electrons. The zero-order valence-electron chi connectivity index (χ0n) is 15.8. The van der Waals surface area contributed by atoms with Crippen LogP contribution in [0.15, 0.2) is 72.9 Å². The zero-order valence-corrected chi connectivity index (χ0v) is 15.8. The van der Waals surface area contributed by atoms with Crippen LogP contribution >= 0.6 is 0 Å². The molecular formula is C23H20N2O4. The third-order valence-corrected chi connectivity index (χ3v) is 4.35. The average Bonchev–Trinajstić information content (AvgIpc) is 3.08. The van der Waals surface area contributed by atoms with Crippen molar-refractivity contribution in [2.75, 3.05) is 5.32 Å². The first-order valence-corrected chi connectivity index (χ1v) is 8.98. The number of carboxylic acid groups (broad SMARTS) is 1. The highest BCUT2D eigenvalue weighted by atomic mass is 16.4. The van der Waals surface area contributed by atoms with Gasteiger partial charge in [0.15, 0.2) is 5.78 Å². The molecule has 6 heteroatoms. The van der Waals surface area contributed by atoms with E-state index in [0.717, 1.165) is 11.6 Å². The van der Waals surface area contributed by atoms with E-state index in [1.54, 1.807) is 66.3 Å². The summed E-state index contributed by atoms with van der Waals surface area (Å²) in [6.07, 6.45) is 4.31. The molecule has 2 N–H and O–H groups in total. The van der Waals surface area contributed by atoms with Crippen LogP contribution in [-0.4, -0.2) is 27.3 Å². The van der Waals surface area contributed by atoms with Gasteiger partial charge in [0.1, 0.15) is 0 Å². The lowest BCUT2D eigenvalue weighted by atomic mass is 10.0. The SMILES string of the molecule is Cn1cc(C(=O)Cc2cccc(NC(=O)c3ccccc3)c2)cc1/C=C/C(=O)O. The largest absolute Gasteiger partial charge is 0.478 e. The molecule has 0 aliphatic carbocycles. The highest BCUT2D eigenvalue weighted by Gasteiger charge is 2.12. The van der Waals surface area contributed by atoms with Crippen molar-refractivity contribution in [2.24, 2.45) is 7.05 Å². The second-order valence-corrected chi connectivity index (χ2v) is 6.56. The average molecular weight is 388 g/mol. The lowest BCUT2D eigenvalue weighted by Crippen LogP contribution is -2.12. The van der Waals surface area contributed by atoms with Crippen LogP contribution in [0.1, 0.15) is 32.0 Å². The second kappa shape index (κ2) is 8.84. The number of hydrogen-bond acceptors (Lipinski definition) is 3. The van der Waals surface area contributed by atoms with E-state index >= 15 is 0 Å². The van der Waals surface area contributed by atoms with E-state index in [0.29, 0.717) is 22.5 Å². The minimum Gasteiger partial charge on any atom is -0.478 e. The van der Waals surface area contributed by atoms with E-state index in [-0.39, 0.29) is 18.1 Å². The number of benzene rings is 2. The maximum atomic E-state index is 12.6. The third kappa shape index (κ3) is 5.29. The van der Waals surface area contributed by atoms with Crippen molar-refractivity contribution in [1.29, 1.82) is 0 Å². The summed E-state index contributed by atoms with van der Waals surface area (Å²) < 4.78 is 1.70. The van der Waals surface area contributed by atoms with Gasteiger partial charge in [-0.3, -0.25) is 9.59 Å². The molecule has 0 aliphatic rings. The van der Waals surface area contributed by atoms with Gasteiger partial charge in [-0.15, -0.1) is 0 Å². The van der Waals surface area contributed by atoms with Crippen molar-refractivity contribution in [3.05, 3.63) is 95.3 Å². The Kier molecular flexibility index (Phi) is 6.04. The van der Waals surface area contributed by atoms with Gasteiger partial charge in [-0.25, -0.2) is 4.79 Å². The number of nitrogens with zero attached hydrogens (tertiary/aromatic N) is 1. The van der Waals surface area contributed by atoms with E-state index < -0.39 is 5.97 Å². The molecular weight excluding hydrogens is 368 g/mol. The summed E-state index contributed by atoms with van der Waals surface area (Å²) in [6.45, 7) is 0. The number of nitrogens with one attached hydrogen (secondary N) is 1. The maximum Gasteiger partial charge on any atom is 0.328 e. The van der Waals surface area contributed by atoms with Crippen LogP contribution in [-0.2, 0) is 18.3 Å². The monoisotopic (exact) mass is 388 g/mol. The summed E-state index contributed by atoms with van der Waals surface area (Å²) in [7, 11) is 1.75. The Morgan fingerprint density at radius 3 is 2.48 bits per heavy atom. The predicted molar refractivity (Wildman–Crippen MR) is 111 cm³/mol. The Bertz CT molecular complexity index is 1080. The van der Waals surface area contributed by atoms with E-state index in [2.05, 4.69) is 5.32 Å². The number of Topliss-reactive ketones (excluding diaryl/α,β-unsaturated/α-hetero) is 1. The summed E-state index contributed by atoms with van der Waals surface area (Å²) in [5, 5.41) is 11.6. The van der Waals surface area contributed by atoms with E-state index in [9.17, 15) is 14.4 Å². The molecule has 146 valence electrons. The molecule has 29 heavy (non-hydrogen) atoms. The Morgan fingerprint density at radius 1 is 1.00 bits per heavy atom. The number of carbonyl (C=O) groups excluding carboxylic acids is 2. The van der Waals surface area contributed by atoms with E-state index in [1.807, 2.05) is 12.1 Å².